The molecule has 1 aromatic carbocycles. The van der Waals surface area contributed by atoms with E-state index in [1.807, 2.05) is 0 Å². The summed E-state index contributed by atoms with van der Waals surface area (Å²) in [6.45, 7) is 0.254. The maximum Gasteiger partial charge on any atom is 0.227 e. The minimum Gasteiger partial charge on any atom is -0.494 e. The third-order valence-corrected chi connectivity index (χ3v) is 2.45. The van der Waals surface area contributed by atoms with Crippen molar-refractivity contribution < 1.29 is 18.7 Å². The molecule has 3 N–H and O–H groups in total. The Balaban J connectivity index is 2.69. The topological polar surface area (TPSA) is 73.6 Å². The number of benzene rings is 1. The average molecular weight is 256 g/mol. The number of nitrogens with one attached hydrogen (secondary N) is 1. The summed E-state index contributed by atoms with van der Waals surface area (Å²) in [5.41, 5.74) is 5.83. The largest absolute Gasteiger partial charge is 0.494 e. The van der Waals surface area contributed by atoms with Gasteiger partial charge in [-0.05, 0) is 12.1 Å². The van der Waals surface area contributed by atoms with Crippen molar-refractivity contribution in [3.8, 4) is 5.75 Å². The van der Waals surface area contributed by atoms with E-state index in [-0.39, 0.29) is 30.7 Å². The molecule has 0 radical (unpaired) electrons. The molecule has 0 heterocycles. The van der Waals surface area contributed by atoms with Gasteiger partial charge >= 0.3 is 0 Å². The van der Waals surface area contributed by atoms with E-state index in [1.165, 1.54) is 32.4 Å². The van der Waals surface area contributed by atoms with Crippen LogP contribution >= 0.6 is 0 Å². The fraction of sp³-hybridized carbons (Fsp3) is 0.417. The number of ether oxygens (including phenoxy) is 2. The molecule has 1 amide bonds. The summed E-state index contributed by atoms with van der Waals surface area (Å²) in [7, 11) is 2.89. The summed E-state index contributed by atoms with van der Waals surface area (Å²) in [6.07, 6.45) is -0.204. The van der Waals surface area contributed by atoms with Crippen LogP contribution in [0.4, 0.5) is 10.1 Å². The van der Waals surface area contributed by atoms with Crippen LogP contribution in [-0.4, -0.2) is 32.8 Å². The molecular weight excluding hydrogens is 239 g/mol. The van der Waals surface area contributed by atoms with Gasteiger partial charge in [-0.3, -0.25) is 4.79 Å². The molecule has 100 valence electrons. The summed E-state index contributed by atoms with van der Waals surface area (Å²) in [5, 5.41) is 2.62. The SMILES string of the molecule is COc1cc(F)ccc1NC(=O)CC(CN)OC. The molecular formula is C12H17FN2O3. The Morgan fingerprint density at radius 1 is 1.50 bits per heavy atom. The van der Waals surface area contributed by atoms with Gasteiger partial charge in [0.15, 0.2) is 0 Å². The molecule has 1 aromatic rings. The zero-order valence-corrected chi connectivity index (χ0v) is 10.4. The summed E-state index contributed by atoms with van der Waals surface area (Å²) in [6, 6.07) is 3.89. The third-order valence-electron chi connectivity index (χ3n) is 2.45. The van der Waals surface area contributed by atoms with Crippen LogP contribution in [0, 0.1) is 5.82 Å². The quantitative estimate of drug-likeness (QED) is 0.800. The minimum absolute atomic E-state index is 0.132. The second-order valence-corrected chi connectivity index (χ2v) is 3.69. The van der Waals surface area contributed by atoms with E-state index in [0.717, 1.165) is 0 Å². The van der Waals surface area contributed by atoms with Crippen molar-refractivity contribution in [2.75, 3.05) is 26.1 Å². The molecule has 0 saturated carbocycles. The first-order valence-electron chi connectivity index (χ1n) is 5.47. The maximum atomic E-state index is 13.0. The summed E-state index contributed by atoms with van der Waals surface area (Å²) in [5.74, 6) is -0.427. The van der Waals surface area contributed by atoms with E-state index >= 15 is 0 Å². The van der Waals surface area contributed by atoms with Gasteiger partial charge in [-0.1, -0.05) is 0 Å². The molecule has 0 aromatic heterocycles. The van der Waals surface area contributed by atoms with Crippen molar-refractivity contribution in [3.05, 3.63) is 24.0 Å². The molecule has 0 fully saturated rings. The lowest BCUT2D eigenvalue weighted by atomic mass is 10.2. The van der Waals surface area contributed by atoms with Gasteiger partial charge in [0, 0.05) is 19.7 Å². The Bertz CT molecular complexity index is 408. The summed E-state index contributed by atoms with van der Waals surface area (Å²) >= 11 is 0. The van der Waals surface area contributed by atoms with Gasteiger partial charge in [-0.15, -0.1) is 0 Å². The van der Waals surface area contributed by atoms with Gasteiger partial charge in [0.2, 0.25) is 5.91 Å². The normalized spacial score (nSPS) is 12.0. The van der Waals surface area contributed by atoms with Gasteiger partial charge in [0.25, 0.3) is 0 Å². The van der Waals surface area contributed by atoms with Crippen molar-refractivity contribution in [1.29, 1.82) is 0 Å². The Morgan fingerprint density at radius 3 is 2.78 bits per heavy atom. The van der Waals surface area contributed by atoms with Gasteiger partial charge in [0.05, 0.1) is 25.3 Å². The highest BCUT2D eigenvalue weighted by Gasteiger charge is 2.13. The molecule has 1 rings (SSSR count). The van der Waals surface area contributed by atoms with E-state index in [9.17, 15) is 9.18 Å². The number of anilines is 1. The van der Waals surface area contributed by atoms with Crippen LogP contribution in [0.2, 0.25) is 0 Å². The number of carbonyl (C=O) groups excluding carboxylic acids is 1. The Hall–Kier alpha value is -1.66. The first-order chi connectivity index (χ1) is 8.60. The lowest BCUT2D eigenvalue weighted by Crippen LogP contribution is -2.28. The van der Waals surface area contributed by atoms with Gasteiger partial charge in [-0.2, -0.15) is 0 Å². The third kappa shape index (κ3) is 3.97. The first kappa shape index (κ1) is 14.4. The van der Waals surface area contributed by atoms with Crippen LogP contribution < -0.4 is 15.8 Å². The molecule has 18 heavy (non-hydrogen) atoms. The molecule has 1 unspecified atom stereocenters. The fourth-order valence-electron chi connectivity index (χ4n) is 1.44. The van der Waals surface area contributed by atoms with E-state index < -0.39 is 5.82 Å². The minimum atomic E-state index is -0.429. The van der Waals surface area contributed by atoms with Crippen LogP contribution in [0.1, 0.15) is 6.42 Å². The lowest BCUT2D eigenvalue weighted by molar-refractivity contribution is -0.118. The number of nitrogens with two attached hydrogens (primary N) is 1. The molecule has 6 heteroatoms. The summed E-state index contributed by atoms with van der Waals surface area (Å²) in [4.78, 5) is 11.7. The van der Waals surface area contributed by atoms with Crippen LogP contribution in [-0.2, 0) is 9.53 Å². The summed E-state index contributed by atoms with van der Waals surface area (Å²) < 4.78 is 22.9. The number of hydrogen-bond acceptors (Lipinski definition) is 4. The number of halogens is 1. The maximum absolute atomic E-state index is 13.0. The second-order valence-electron chi connectivity index (χ2n) is 3.69. The van der Waals surface area contributed by atoms with Crippen LogP contribution in [0.15, 0.2) is 18.2 Å². The zero-order valence-electron chi connectivity index (χ0n) is 10.4. The van der Waals surface area contributed by atoms with Gasteiger partial charge in [0.1, 0.15) is 11.6 Å². The van der Waals surface area contributed by atoms with Crippen LogP contribution in [0.25, 0.3) is 0 Å². The van der Waals surface area contributed by atoms with Crippen molar-refractivity contribution in [3.63, 3.8) is 0 Å². The monoisotopic (exact) mass is 256 g/mol. The van der Waals surface area contributed by atoms with Crippen LogP contribution in [0.3, 0.4) is 0 Å². The number of amides is 1. The average Bonchev–Trinajstić information content (AvgIpc) is 2.38. The van der Waals surface area contributed by atoms with E-state index in [0.29, 0.717) is 5.69 Å². The molecule has 0 spiro atoms. The fourth-order valence-corrected chi connectivity index (χ4v) is 1.44. The predicted molar refractivity (Wildman–Crippen MR) is 66.1 cm³/mol. The number of carbonyl (C=O) groups is 1. The second kappa shape index (κ2) is 6.93. The van der Waals surface area contributed by atoms with Crippen molar-refractivity contribution >= 4 is 11.6 Å². The van der Waals surface area contributed by atoms with Crippen molar-refractivity contribution in [2.24, 2.45) is 5.73 Å². The Kier molecular flexibility index (Phi) is 5.54. The molecule has 0 aliphatic rings. The Labute approximate surface area is 105 Å². The lowest BCUT2D eigenvalue weighted by Gasteiger charge is -2.14. The molecule has 0 aliphatic heterocycles. The Morgan fingerprint density at radius 2 is 2.22 bits per heavy atom. The number of rotatable bonds is 6. The molecule has 0 saturated heterocycles. The zero-order chi connectivity index (χ0) is 13.5. The highest BCUT2D eigenvalue weighted by Crippen LogP contribution is 2.25. The predicted octanol–water partition coefficient (Wildman–Crippen LogP) is 1.14. The highest BCUT2D eigenvalue weighted by molar-refractivity contribution is 5.92. The van der Waals surface area contributed by atoms with E-state index in [2.05, 4.69) is 5.32 Å². The molecule has 5 nitrogen and oxygen atoms in total. The van der Waals surface area contributed by atoms with E-state index in [1.54, 1.807) is 0 Å². The number of methoxy groups -OCH3 is 2. The van der Waals surface area contributed by atoms with Crippen LogP contribution in [0.5, 0.6) is 5.75 Å². The molecule has 0 bridgehead atoms. The molecule has 1 atom stereocenters. The molecule has 0 aliphatic carbocycles. The van der Waals surface area contributed by atoms with Gasteiger partial charge in [-0.25, -0.2) is 4.39 Å². The number of hydrogen-bond donors (Lipinski definition) is 2. The van der Waals surface area contributed by atoms with Gasteiger partial charge < -0.3 is 20.5 Å². The highest BCUT2D eigenvalue weighted by atomic mass is 19.1. The first-order valence-corrected chi connectivity index (χ1v) is 5.47. The standard InChI is InChI=1S/C12H17FN2O3/c1-17-9(7-14)6-12(16)15-10-4-3-8(13)5-11(10)18-2/h3-5,9H,6-7,14H2,1-2H3,(H,15,16). The van der Waals surface area contributed by atoms with E-state index in [4.69, 9.17) is 15.2 Å². The smallest absolute Gasteiger partial charge is 0.227 e. The van der Waals surface area contributed by atoms with Crippen molar-refractivity contribution in [2.45, 2.75) is 12.5 Å². The van der Waals surface area contributed by atoms with Crippen molar-refractivity contribution in [1.82, 2.24) is 0 Å².